The lowest BCUT2D eigenvalue weighted by Crippen LogP contribution is -2.28. The fraction of sp³-hybridized carbons (Fsp3) is 0.167. The minimum Gasteiger partial charge on any atom is -0.497 e. The largest absolute Gasteiger partial charge is 0.497 e. The lowest BCUT2D eigenvalue weighted by Gasteiger charge is -2.03. The van der Waals surface area contributed by atoms with Gasteiger partial charge in [-0.05, 0) is 30.3 Å². The molecule has 2 aromatic heterocycles. The summed E-state index contributed by atoms with van der Waals surface area (Å²) in [5.41, 5.74) is 1.17. The highest BCUT2D eigenvalue weighted by atomic mass is 32.1. The van der Waals surface area contributed by atoms with E-state index in [1.54, 1.807) is 25.6 Å². The molecule has 0 saturated carbocycles. The van der Waals surface area contributed by atoms with E-state index in [0.717, 1.165) is 11.5 Å². The van der Waals surface area contributed by atoms with Crippen LogP contribution in [0.4, 0.5) is 0 Å². The van der Waals surface area contributed by atoms with Crippen LogP contribution < -0.4 is 14.0 Å². The average Bonchev–Trinajstić information content (AvgIpc) is 2.91. The molecule has 110 valence electrons. The number of aromatic nitrogens is 1. The molecule has 4 aromatic rings. The fourth-order valence-corrected chi connectivity index (χ4v) is 4.20. The zero-order chi connectivity index (χ0) is 15.3. The first-order valence-electron chi connectivity index (χ1n) is 7.08. The molecule has 3 nitrogen and oxygen atoms in total. The molecule has 2 aromatic carbocycles. The molecule has 2 heterocycles. The molecule has 0 aliphatic rings. The van der Waals surface area contributed by atoms with Gasteiger partial charge in [0.2, 0.25) is 5.52 Å². The Hall–Kier alpha value is -2.33. The van der Waals surface area contributed by atoms with Gasteiger partial charge in [-0.15, -0.1) is 11.3 Å². The highest BCUT2D eigenvalue weighted by Gasteiger charge is 2.16. The van der Waals surface area contributed by atoms with Crippen LogP contribution in [-0.2, 0) is 7.05 Å². The smallest absolute Gasteiger partial charge is 0.216 e. The van der Waals surface area contributed by atoms with Crippen LogP contribution in [-0.4, -0.2) is 14.2 Å². The fourth-order valence-electron chi connectivity index (χ4n) is 2.98. The number of hydrogen-bond donors (Lipinski definition) is 0. The standard InChI is InChI=1S/C18H16NO2S/c1-19-10-17-18(13-6-4-11(20-2)8-15(13)19)14-7-5-12(21-3)9-16(14)22-17/h4-10H,1-3H3/q+1. The third kappa shape index (κ3) is 1.84. The molecule has 0 aliphatic carbocycles. The van der Waals surface area contributed by atoms with Crippen LogP contribution in [0.2, 0.25) is 0 Å². The maximum atomic E-state index is 5.36. The predicted molar refractivity (Wildman–Crippen MR) is 91.1 cm³/mol. The summed E-state index contributed by atoms with van der Waals surface area (Å²) in [6.45, 7) is 0. The summed E-state index contributed by atoms with van der Waals surface area (Å²) >= 11 is 1.80. The van der Waals surface area contributed by atoms with Gasteiger partial charge in [-0.2, -0.15) is 4.57 Å². The van der Waals surface area contributed by atoms with Crippen LogP contribution in [0.5, 0.6) is 11.5 Å². The first-order valence-corrected chi connectivity index (χ1v) is 7.89. The van der Waals surface area contributed by atoms with E-state index in [0.29, 0.717) is 0 Å². The number of thiophene rings is 1. The molecule has 0 atom stereocenters. The van der Waals surface area contributed by atoms with E-state index in [4.69, 9.17) is 9.47 Å². The summed E-state index contributed by atoms with van der Waals surface area (Å²) in [5, 5.41) is 3.83. The monoisotopic (exact) mass is 310 g/mol. The van der Waals surface area contributed by atoms with Crippen LogP contribution in [0.25, 0.3) is 31.1 Å². The maximum Gasteiger partial charge on any atom is 0.216 e. The number of methoxy groups -OCH3 is 2. The normalized spacial score (nSPS) is 11.4. The highest BCUT2D eigenvalue weighted by molar-refractivity contribution is 7.26. The van der Waals surface area contributed by atoms with Crippen molar-refractivity contribution < 1.29 is 14.0 Å². The van der Waals surface area contributed by atoms with Gasteiger partial charge in [0.05, 0.1) is 25.7 Å². The second kappa shape index (κ2) is 4.85. The summed E-state index contributed by atoms with van der Waals surface area (Å²) in [7, 11) is 5.48. The van der Waals surface area contributed by atoms with Crippen LogP contribution in [0.1, 0.15) is 0 Å². The summed E-state index contributed by atoms with van der Waals surface area (Å²) in [5.74, 6) is 1.78. The number of hydrogen-bond acceptors (Lipinski definition) is 3. The van der Waals surface area contributed by atoms with Crippen molar-refractivity contribution in [3.8, 4) is 11.5 Å². The zero-order valence-electron chi connectivity index (χ0n) is 12.7. The van der Waals surface area contributed by atoms with E-state index in [-0.39, 0.29) is 0 Å². The second-order valence-electron chi connectivity index (χ2n) is 5.33. The number of fused-ring (bicyclic) bond motifs is 5. The van der Waals surface area contributed by atoms with E-state index < -0.39 is 0 Å². The van der Waals surface area contributed by atoms with E-state index in [2.05, 4.69) is 42.1 Å². The molecule has 0 N–H and O–H groups in total. The van der Waals surface area contributed by atoms with Crippen LogP contribution in [0.15, 0.2) is 42.6 Å². The minimum atomic E-state index is 0.878. The number of ether oxygens (including phenoxy) is 2. The van der Waals surface area contributed by atoms with Gasteiger partial charge in [0.1, 0.15) is 23.2 Å². The van der Waals surface area contributed by atoms with E-state index in [9.17, 15) is 0 Å². The van der Waals surface area contributed by atoms with Crippen LogP contribution >= 0.6 is 11.3 Å². The van der Waals surface area contributed by atoms with Crippen LogP contribution in [0.3, 0.4) is 0 Å². The zero-order valence-corrected chi connectivity index (χ0v) is 13.5. The Morgan fingerprint density at radius 1 is 0.864 bits per heavy atom. The van der Waals surface area contributed by atoms with Gasteiger partial charge in [-0.3, -0.25) is 0 Å². The van der Waals surface area contributed by atoms with Crippen molar-refractivity contribution in [3.05, 3.63) is 42.6 Å². The van der Waals surface area contributed by atoms with Gasteiger partial charge in [-0.1, -0.05) is 0 Å². The summed E-state index contributed by atoms with van der Waals surface area (Å²) in [6.07, 6.45) is 2.19. The van der Waals surface area contributed by atoms with Crippen molar-refractivity contribution in [2.75, 3.05) is 14.2 Å². The number of rotatable bonds is 2. The molecular weight excluding hydrogens is 294 g/mol. The van der Waals surface area contributed by atoms with Crippen molar-refractivity contribution in [1.29, 1.82) is 0 Å². The minimum absolute atomic E-state index is 0.878. The Morgan fingerprint density at radius 2 is 1.55 bits per heavy atom. The van der Waals surface area contributed by atoms with E-state index in [1.807, 2.05) is 12.1 Å². The van der Waals surface area contributed by atoms with E-state index in [1.165, 1.54) is 31.1 Å². The quantitative estimate of drug-likeness (QED) is 0.521. The first kappa shape index (κ1) is 13.3. The van der Waals surface area contributed by atoms with E-state index >= 15 is 0 Å². The highest BCUT2D eigenvalue weighted by Crippen LogP contribution is 2.39. The number of pyridine rings is 1. The lowest BCUT2D eigenvalue weighted by molar-refractivity contribution is -0.643. The van der Waals surface area contributed by atoms with Gasteiger partial charge >= 0.3 is 0 Å². The summed E-state index contributed by atoms with van der Waals surface area (Å²) in [6, 6.07) is 12.5. The lowest BCUT2D eigenvalue weighted by atomic mass is 10.1. The topological polar surface area (TPSA) is 22.3 Å². The Kier molecular flexibility index (Phi) is 2.94. The van der Waals surface area contributed by atoms with Crippen LogP contribution in [0, 0.1) is 0 Å². The summed E-state index contributed by atoms with van der Waals surface area (Å²) < 4.78 is 15.4. The Morgan fingerprint density at radius 3 is 2.27 bits per heavy atom. The number of nitrogens with zero attached hydrogens (tertiary/aromatic N) is 1. The van der Waals surface area contributed by atoms with Crippen molar-refractivity contribution in [1.82, 2.24) is 0 Å². The summed E-state index contributed by atoms with van der Waals surface area (Å²) in [4.78, 5) is 0. The van der Waals surface area contributed by atoms with Gasteiger partial charge < -0.3 is 9.47 Å². The average molecular weight is 310 g/mol. The number of aryl methyl sites for hydroxylation is 1. The Bertz CT molecular complexity index is 1020. The Balaban J connectivity index is 2.17. The van der Waals surface area contributed by atoms with Crippen molar-refractivity contribution in [3.63, 3.8) is 0 Å². The molecule has 0 spiro atoms. The molecular formula is C18H16NO2S+. The third-order valence-corrected chi connectivity index (χ3v) is 5.18. The molecule has 4 heteroatoms. The van der Waals surface area contributed by atoms with Crippen molar-refractivity contribution >= 4 is 42.4 Å². The van der Waals surface area contributed by atoms with Crippen molar-refractivity contribution in [2.24, 2.45) is 7.05 Å². The predicted octanol–water partition coefficient (Wildman–Crippen LogP) is 4.05. The molecule has 0 unspecified atom stereocenters. The molecule has 0 bridgehead atoms. The number of benzene rings is 2. The Labute approximate surface area is 132 Å². The van der Waals surface area contributed by atoms with Gasteiger partial charge in [0.25, 0.3) is 0 Å². The van der Waals surface area contributed by atoms with Gasteiger partial charge in [0, 0.05) is 15.5 Å². The second-order valence-corrected chi connectivity index (χ2v) is 6.41. The first-order chi connectivity index (χ1) is 10.7. The molecule has 0 radical (unpaired) electrons. The van der Waals surface area contributed by atoms with Gasteiger partial charge in [0.15, 0.2) is 6.20 Å². The molecule has 0 amide bonds. The van der Waals surface area contributed by atoms with Crippen molar-refractivity contribution in [2.45, 2.75) is 0 Å². The van der Waals surface area contributed by atoms with Gasteiger partial charge in [-0.25, -0.2) is 0 Å². The SMILES string of the molecule is COc1ccc2c(c1)sc1c[n+](C)c3cc(OC)ccc3c12. The molecule has 0 aliphatic heterocycles. The molecule has 4 rings (SSSR count). The molecule has 0 saturated heterocycles. The molecule has 22 heavy (non-hydrogen) atoms. The molecule has 0 fully saturated rings. The third-order valence-electron chi connectivity index (χ3n) is 4.09. The maximum absolute atomic E-state index is 5.36.